The summed E-state index contributed by atoms with van der Waals surface area (Å²) < 4.78 is 434. The molecule has 0 aromatic carbocycles. The van der Waals surface area contributed by atoms with Crippen molar-refractivity contribution >= 4 is 0 Å². The van der Waals surface area contributed by atoms with E-state index in [0.717, 1.165) is 0 Å². The second-order valence-corrected chi connectivity index (χ2v) is 9.06. The van der Waals surface area contributed by atoms with Crippen LogP contribution in [-0.2, 0) is 5.11 Å². The predicted octanol–water partition coefficient (Wildman–Crippen LogP) is 10.5. The molecule has 0 heterocycles. The molecule has 0 saturated heterocycles. The van der Waals surface area contributed by atoms with Crippen LogP contribution >= 0.6 is 0 Å². The van der Waals surface area contributed by atoms with Crippen molar-refractivity contribution in [2.75, 3.05) is 0 Å². The average molecular weight is 835 g/mol. The second kappa shape index (κ2) is 11.1. The Morgan fingerprint density at radius 1 is 0.160 bits per heavy atom. The number of alkyl halides is 33. The van der Waals surface area contributed by atoms with Crippen molar-refractivity contribution in [3.63, 3.8) is 0 Å². The van der Waals surface area contributed by atoms with Gasteiger partial charge >= 0.3 is 95.2 Å². The molecule has 0 unspecified atom stereocenters. The van der Waals surface area contributed by atoms with Gasteiger partial charge in [-0.2, -0.15) is 150 Å². The minimum absolute atomic E-state index is 8.15. The average Bonchev–Trinajstić information content (AvgIpc) is 2.85. The van der Waals surface area contributed by atoms with E-state index in [2.05, 4.69) is 0 Å². The van der Waals surface area contributed by atoms with Gasteiger partial charge in [0.05, 0.1) is 0 Å². The van der Waals surface area contributed by atoms with Gasteiger partial charge in [-0.1, -0.05) is 0 Å². The molecule has 0 aliphatic rings. The normalized spacial score (nSPS) is 17.4. The Kier molecular flexibility index (Phi) is 10.6. The van der Waals surface area contributed by atoms with E-state index < -0.39 is 95.2 Å². The van der Waals surface area contributed by atoms with Crippen molar-refractivity contribution < 1.29 is 150 Å². The molecule has 0 N–H and O–H groups in total. The highest BCUT2D eigenvalue weighted by atomic mass is 19.4. The molecule has 0 aliphatic carbocycles. The van der Waals surface area contributed by atoms with E-state index in [0.29, 0.717) is 0 Å². The molecule has 0 fully saturated rings. The molecule has 0 amide bonds. The third kappa shape index (κ3) is 5.17. The summed E-state index contributed by atoms with van der Waals surface area (Å²) >= 11 is 0. The molecule has 0 aliphatic heterocycles. The summed E-state index contributed by atoms with van der Waals surface area (Å²) in [6, 6.07) is 0. The van der Waals surface area contributed by atoms with Gasteiger partial charge in [-0.15, -0.1) is 0 Å². The van der Waals surface area contributed by atoms with Gasteiger partial charge < -0.3 is 0 Å². The maximum Gasteiger partial charge on any atom is 0.460 e. The third-order valence-electron chi connectivity index (χ3n) is 5.85. The van der Waals surface area contributed by atoms with Crippen LogP contribution in [0.5, 0.6) is 0 Å². The number of rotatable bonds is 14. The van der Waals surface area contributed by atoms with E-state index in [1.165, 1.54) is 0 Å². The Morgan fingerprint density at radius 2 is 0.260 bits per heavy atom. The van der Waals surface area contributed by atoms with E-state index >= 15 is 0 Å². The fraction of sp³-hybridized carbons (Fsp3) is 1.00. The highest BCUT2D eigenvalue weighted by Gasteiger charge is 3.02. The zero-order valence-electron chi connectivity index (χ0n) is 20.9. The van der Waals surface area contributed by atoms with Crippen LogP contribution in [0.25, 0.3) is 0 Å². The highest BCUT2D eigenvalue weighted by Crippen LogP contribution is 2.69. The quantitative estimate of drug-likeness (QED) is 0.155. The number of halogens is 33. The van der Waals surface area contributed by atoms with Gasteiger partial charge in [0.1, 0.15) is 0 Å². The fourth-order valence-electron chi connectivity index (χ4n) is 2.73. The van der Waals surface area contributed by atoms with Gasteiger partial charge in [-0.05, 0) is 0 Å². The molecule has 0 saturated carbocycles. The zero-order valence-corrected chi connectivity index (χ0v) is 20.9. The smallest absolute Gasteiger partial charge is 0.192 e. The summed E-state index contributed by atoms with van der Waals surface area (Å²) in [5, 5.41) is 9.70. The lowest BCUT2D eigenvalue weighted by atomic mass is 9.83. The minimum Gasteiger partial charge on any atom is -0.192 e. The maximum absolute atomic E-state index is 13.7. The van der Waals surface area contributed by atoms with Crippen LogP contribution in [0, 0.1) is 0 Å². The molecule has 0 rings (SSSR count). The Balaban J connectivity index is 7.70. The first-order valence-corrected chi connectivity index (χ1v) is 10.2. The molecule has 301 valence electrons. The van der Waals surface area contributed by atoms with Gasteiger partial charge in [0.2, 0.25) is 0 Å². The highest BCUT2D eigenvalue weighted by molar-refractivity contribution is 5.21. The Morgan fingerprint density at radius 3 is 0.360 bits per heavy atom. The molecular formula is C16F33O. The molecule has 34 heteroatoms. The van der Waals surface area contributed by atoms with Crippen LogP contribution in [0.1, 0.15) is 0 Å². The van der Waals surface area contributed by atoms with E-state index in [1.807, 2.05) is 0 Å². The van der Waals surface area contributed by atoms with Gasteiger partial charge in [-0.25, -0.2) is 0 Å². The predicted molar refractivity (Wildman–Crippen MR) is 80.9 cm³/mol. The van der Waals surface area contributed by atoms with Crippen molar-refractivity contribution in [2.45, 2.75) is 95.2 Å². The molecule has 0 atom stereocenters. The summed E-state index contributed by atoms with van der Waals surface area (Å²) in [7, 11) is 0. The summed E-state index contributed by atoms with van der Waals surface area (Å²) in [5.41, 5.74) is 0. The maximum atomic E-state index is 13.7. The van der Waals surface area contributed by atoms with E-state index in [4.69, 9.17) is 0 Å². The molecule has 1 radical (unpaired) electrons. The zero-order chi connectivity index (χ0) is 42.0. The Labute approximate surface area is 246 Å². The lowest BCUT2D eigenvalue weighted by Gasteiger charge is -2.46. The van der Waals surface area contributed by atoms with Crippen LogP contribution < -0.4 is 0 Å². The minimum atomic E-state index is -10.2. The first kappa shape index (κ1) is 47.7. The molecule has 0 bridgehead atoms. The lowest BCUT2D eigenvalue weighted by Crippen LogP contribution is -2.79. The lowest BCUT2D eigenvalue weighted by molar-refractivity contribution is -0.495. The Bertz CT molecular complexity index is 1150. The van der Waals surface area contributed by atoms with Crippen LogP contribution in [0.15, 0.2) is 0 Å². The molecule has 0 aromatic rings. The van der Waals surface area contributed by atoms with Crippen LogP contribution in [-0.4, -0.2) is 95.2 Å². The van der Waals surface area contributed by atoms with Crippen molar-refractivity contribution in [2.24, 2.45) is 0 Å². The SMILES string of the molecule is [O]C(F)(F)C(F)(F)C(F)(F)C(F)(F)C(F)(F)C(F)(F)C(F)(F)C(F)(F)C(F)(F)C(F)(F)C(F)(F)C(F)(F)C(F)(F)C(F)(F)C(F)(F)C(F)(F)F. The molecule has 1 nitrogen and oxygen atoms in total. The molecule has 50 heavy (non-hydrogen) atoms. The third-order valence-corrected chi connectivity index (χ3v) is 5.85. The van der Waals surface area contributed by atoms with Gasteiger partial charge in [0.15, 0.2) is 0 Å². The first-order chi connectivity index (χ1) is 20.8. The molecular weight excluding hydrogens is 835 g/mol. The van der Waals surface area contributed by atoms with Crippen molar-refractivity contribution in [1.82, 2.24) is 0 Å². The summed E-state index contributed by atoms with van der Waals surface area (Å²) in [4.78, 5) is 0. The monoisotopic (exact) mass is 835 g/mol. The molecule has 0 aromatic heterocycles. The van der Waals surface area contributed by atoms with Crippen molar-refractivity contribution in [3.05, 3.63) is 0 Å². The van der Waals surface area contributed by atoms with Crippen molar-refractivity contribution in [3.8, 4) is 0 Å². The fourth-order valence-corrected chi connectivity index (χ4v) is 2.73. The van der Waals surface area contributed by atoms with E-state index in [-0.39, 0.29) is 0 Å². The topological polar surface area (TPSA) is 19.9 Å². The standard InChI is InChI=1S/C16F33O/c17-1(18,3(21,22)5(25,26)7(29,30)9(33,34)11(37,38)13(41,42)15(45,46)47)2(19,20)4(23,24)6(27,28)8(31,32)10(35,36)12(39,40)14(43,44)16(48,49)50. The van der Waals surface area contributed by atoms with Crippen LogP contribution in [0.3, 0.4) is 0 Å². The first-order valence-electron chi connectivity index (χ1n) is 10.2. The van der Waals surface area contributed by atoms with Gasteiger partial charge in [-0.3, -0.25) is 0 Å². The van der Waals surface area contributed by atoms with E-state index in [9.17, 15) is 150 Å². The van der Waals surface area contributed by atoms with Gasteiger partial charge in [0, 0.05) is 0 Å². The summed E-state index contributed by atoms with van der Waals surface area (Å²) in [5.74, 6) is -137. The van der Waals surface area contributed by atoms with Crippen molar-refractivity contribution in [1.29, 1.82) is 0 Å². The number of hydrogen-bond acceptors (Lipinski definition) is 0. The Hall–Kier alpha value is -2.35. The molecule has 0 spiro atoms. The summed E-state index contributed by atoms with van der Waals surface area (Å²) in [6.07, 6.45) is -16.5. The largest absolute Gasteiger partial charge is 0.460 e. The van der Waals surface area contributed by atoms with Crippen LogP contribution in [0.2, 0.25) is 0 Å². The number of hydrogen-bond donors (Lipinski definition) is 0. The second-order valence-electron chi connectivity index (χ2n) is 9.06. The van der Waals surface area contributed by atoms with Crippen LogP contribution in [0.4, 0.5) is 145 Å². The van der Waals surface area contributed by atoms with E-state index in [1.54, 1.807) is 0 Å². The van der Waals surface area contributed by atoms with Gasteiger partial charge in [0.25, 0.3) is 0 Å². The summed E-state index contributed by atoms with van der Waals surface area (Å²) in [6.45, 7) is 0.